The number of benzene rings is 2. The average molecular weight is 421 g/mol. The van der Waals surface area contributed by atoms with E-state index in [1.165, 1.54) is 12.1 Å². The second-order valence-corrected chi connectivity index (χ2v) is 6.31. The lowest BCUT2D eigenvalue weighted by Gasteiger charge is -2.04. The maximum absolute atomic E-state index is 12.1. The molecule has 0 aromatic heterocycles. The average Bonchev–Trinajstić information content (AvgIpc) is 2.79. The number of nitrogens with one attached hydrogen (secondary N) is 2. The zero-order valence-electron chi connectivity index (χ0n) is 12.1. The predicted molar refractivity (Wildman–Crippen MR) is 94.6 cm³/mol. The van der Waals surface area contributed by atoms with Crippen LogP contribution in [0, 0.1) is 10.5 Å². The first-order chi connectivity index (χ1) is 11.0. The Bertz CT molecular complexity index is 862. The quantitative estimate of drug-likeness (QED) is 0.514. The summed E-state index contributed by atoms with van der Waals surface area (Å²) < 4.78 is 0.952. The van der Waals surface area contributed by atoms with Gasteiger partial charge in [-0.1, -0.05) is 6.07 Å². The highest BCUT2D eigenvalue weighted by molar-refractivity contribution is 14.1. The van der Waals surface area contributed by atoms with Gasteiger partial charge in [-0.3, -0.25) is 9.59 Å². The second kappa shape index (κ2) is 5.99. The van der Waals surface area contributed by atoms with E-state index < -0.39 is 5.91 Å². The zero-order chi connectivity index (χ0) is 16.6. The molecule has 0 aliphatic carbocycles. The highest BCUT2D eigenvalue weighted by Crippen LogP contribution is 2.25. The van der Waals surface area contributed by atoms with Crippen molar-refractivity contribution in [1.29, 1.82) is 0 Å². The van der Waals surface area contributed by atoms with Gasteiger partial charge in [0.05, 0.1) is 11.3 Å². The summed E-state index contributed by atoms with van der Waals surface area (Å²) in [6.07, 6.45) is 0. The van der Waals surface area contributed by atoms with Crippen molar-refractivity contribution in [2.75, 3.05) is 5.32 Å². The normalized spacial score (nSPS) is 14.5. The number of halogens is 1. The third kappa shape index (κ3) is 3.04. The van der Waals surface area contributed by atoms with Gasteiger partial charge in [-0.2, -0.15) is 5.10 Å². The van der Waals surface area contributed by atoms with Crippen LogP contribution in [0.1, 0.15) is 21.5 Å². The third-order valence-corrected chi connectivity index (χ3v) is 4.04. The van der Waals surface area contributed by atoms with Crippen LogP contribution in [0.3, 0.4) is 0 Å². The van der Waals surface area contributed by atoms with Crippen molar-refractivity contribution in [3.63, 3.8) is 0 Å². The van der Waals surface area contributed by atoms with Crippen LogP contribution in [-0.4, -0.2) is 22.6 Å². The highest BCUT2D eigenvalue weighted by Gasteiger charge is 2.26. The molecule has 0 spiro atoms. The Labute approximate surface area is 145 Å². The van der Waals surface area contributed by atoms with E-state index in [1.54, 1.807) is 12.1 Å². The molecule has 1 aliphatic heterocycles. The van der Waals surface area contributed by atoms with Crippen LogP contribution < -0.4 is 10.7 Å². The van der Waals surface area contributed by atoms with Crippen molar-refractivity contribution >= 4 is 45.8 Å². The minimum absolute atomic E-state index is 0.0984. The Morgan fingerprint density at radius 1 is 1.26 bits per heavy atom. The molecule has 0 fully saturated rings. The molecule has 1 heterocycles. The summed E-state index contributed by atoms with van der Waals surface area (Å²) in [5.74, 6) is -1.09. The van der Waals surface area contributed by atoms with Crippen LogP contribution in [0.5, 0.6) is 5.75 Å². The number of fused-ring (bicyclic) bond motifs is 1. The first kappa shape index (κ1) is 15.5. The third-order valence-electron chi connectivity index (χ3n) is 3.37. The number of carbonyl (C=O) groups is 2. The molecule has 0 saturated heterocycles. The molecule has 0 radical (unpaired) electrons. The molecule has 0 saturated carbocycles. The van der Waals surface area contributed by atoms with Crippen LogP contribution in [-0.2, 0) is 4.79 Å². The van der Waals surface area contributed by atoms with Gasteiger partial charge in [0.2, 0.25) is 0 Å². The van der Waals surface area contributed by atoms with E-state index in [9.17, 15) is 14.7 Å². The number of phenolic OH excluding ortho intramolecular Hbond substituents is 1. The first-order valence-corrected chi connectivity index (χ1v) is 7.82. The van der Waals surface area contributed by atoms with E-state index in [0.717, 1.165) is 9.13 Å². The molecule has 7 heteroatoms. The number of rotatable bonds is 2. The van der Waals surface area contributed by atoms with Crippen molar-refractivity contribution in [3.05, 3.63) is 56.7 Å². The summed E-state index contributed by atoms with van der Waals surface area (Å²) in [6.45, 7) is 1.81. The van der Waals surface area contributed by atoms with Crippen LogP contribution >= 0.6 is 22.6 Å². The van der Waals surface area contributed by atoms with E-state index in [-0.39, 0.29) is 22.9 Å². The molecule has 3 rings (SSSR count). The number of phenols is 1. The number of aryl methyl sites for hydroxylation is 1. The first-order valence-electron chi connectivity index (χ1n) is 6.74. The molecule has 2 aromatic rings. The van der Waals surface area contributed by atoms with Gasteiger partial charge in [0.1, 0.15) is 5.75 Å². The molecule has 23 heavy (non-hydrogen) atoms. The van der Waals surface area contributed by atoms with Crippen LogP contribution in [0.25, 0.3) is 0 Å². The van der Waals surface area contributed by atoms with Crippen molar-refractivity contribution in [2.24, 2.45) is 5.10 Å². The molecule has 2 aromatic carbocycles. The van der Waals surface area contributed by atoms with Gasteiger partial charge in [0.15, 0.2) is 5.71 Å². The standard InChI is InChI=1S/C16H12IN3O3/c1-8-2-4-10(13(21)6-8)15(22)20-19-14-11-7-9(17)3-5-12(11)18-16(14)23/h2-7,21H,1H3,(H,20,22)(H,18,19,23). The highest BCUT2D eigenvalue weighted by atomic mass is 127. The Morgan fingerprint density at radius 2 is 2.04 bits per heavy atom. The molecule has 1 aliphatic rings. The summed E-state index contributed by atoms with van der Waals surface area (Å²) in [4.78, 5) is 24.1. The SMILES string of the molecule is Cc1ccc(C(=O)N/N=C2\C(=O)Nc3ccc(I)cc32)c(O)c1. The second-order valence-electron chi connectivity index (χ2n) is 5.07. The Balaban J connectivity index is 1.87. The van der Waals surface area contributed by atoms with Gasteiger partial charge >= 0.3 is 0 Å². The zero-order valence-corrected chi connectivity index (χ0v) is 14.2. The fourth-order valence-electron chi connectivity index (χ4n) is 2.24. The maximum Gasteiger partial charge on any atom is 0.276 e. The number of hydrazone groups is 1. The van der Waals surface area contributed by atoms with Crippen molar-refractivity contribution < 1.29 is 14.7 Å². The van der Waals surface area contributed by atoms with Crippen molar-refractivity contribution in [3.8, 4) is 5.75 Å². The van der Waals surface area contributed by atoms with Crippen LogP contribution in [0.2, 0.25) is 0 Å². The number of hydrogen-bond acceptors (Lipinski definition) is 4. The number of amides is 2. The minimum atomic E-state index is -0.582. The van der Waals surface area contributed by atoms with Gasteiger partial charge in [-0.05, 0) is 65.4 Å². The van der Waals surface area contributed by atoms with Crippen molar-refractivity contribution in [2.45, 2.75) is 6.92 Å². The van der Waals surface area contributed by atoms with Gasteiger partial charge in [0.25, 0.3) is 11.8 Å². The number of nitrogens with zero attached hydrogens (tertiary/aromatic N) is 1. The molecular formula is C16H12IN3O3. The summed E-state index contributed by atoms with van der Waals surface area (Å²) in [7, 11) is 0. The van der Waals surface area contributed by atoms with Gasteiger partial charge < -0.3 is 10.4 Å². The van der Waals surface area contributed by atoms with Gasteiger partial charge in [-0.25, -0.2) is 5.43 Å². The van der Waals surface area contributed by atoms with E-state index in [4.69, 9.17) is 0 Å². The van der Waals surface area contributed by atoms with E-state index in [0.29, 0.717) is 11.3 Å². The lowest BCUT2D eigenvalue weighted by atomic mass is 10.1. The summed E-state index contributed by atoms with van der Waals surface area (Å²) in [5, 5.41) is 16.4. The molecule has 116 valence electrons. The fraction of sp³-hybridized carbons (Fsp3) is 0.0625. The number of carbonyl (C=O) groups excluding carboxylic acids is 2. The minimum Gasteiger partial charge on any atom is -0.507 e. The van der Waals surface area contributed by atoms with Gasteiger partial charge in [0, 0.05) is 9.13 Å². The largest absolute Gasteiger partial charge is 0.507 e. The molecular weight excluding hydrogens is 409 g/mol. The lowest BCUT2D eigenvalue weighted by molar-refractivity contribution is -0.110. The lowest BCUT2D eigenvalue weighted by Crippen LogP contribution is -2.23. The number of aromatic hydroxyl groups is 1. The monoisotopic (exact) mass is 421 g/mol. The summed E-state index contributed by atoms with van der Waals surface area (Å²) in [5.41, 5.74) is 4.68. The van der Waals surface area contributed by atoms with Crippen molar-refractivity contribution in [1.82, 2.24) is 5.43 Å². The Hall–Kier alpha value is -2.42. The Kier molecular flexibility index (Phi) is 4.03. The molecule has 2 amide bonds. The van der Waals surface area contributed by atoms with E-state index in [1.807, 2.05) is 19.1 Å². The van der Waals surface area contributed by atoms with Crippen LogP contribution in [0.4, 0.5) is 5.69 Å². The van der Waals surface area contributed by atoms with E-state index >= 15 is 0 Å². The topological polar surface area (TPSA) is 90.8 Å². The smallest absolute Gasteiger partial charge is 0.276 e. The van der Waals surface area contributed by atoms with E-state index in [2.05, 4.69) is 38.4 Å². The Morgan fingerprint density at radius 3 is 2.78 bits per heavy atom. The number of hydrogen-bond donors (Lipinski definition) is 3. The van der Waals surface area contributed by atoms with Gasteiger partial charge in [-0.15, -0.1) is 0 Å². The summed E-state index contributed by atoms with van der Waals surface area (Å²) >= 11 is 2.13. The van der Waals surface area contributed by atoms with Crippen LogP contribution in [0.15, 0.2) is 41.5 Å². The summed E-state index contributed by atoms with van der Waals surface area (Å²) in [6, 6.07) is 10.2. The predicted octanol–water partition coefficient (Wildman–Crippen LogP) is 2.39. The molecule has 6 nitrogen and oxygen atoms in total. The maximum atomic E-state index is 12.1. The fourth-order valence-corrected chi connectivity index (χ4v) is 2.73. The molecule has 3 N–H and O–H groups in total. The molecule has 0 atom stereocenters. The molecule has 0 bridgehead atoms. The number of anilines is 1. The molecule has 0 unspecified atom stereocenters.